The summed E-state index contributed by atoms with van der Waals surface area (Å²) in [5.74, 6) is 0.00529. The van der Waals surface area contributed by atoms with E-state index in [9.17, 15) is 4.79 Å². The number of rotatable bonds is 3. The van der Waals surface area contributed by atoms with Crippen molar-refractivity contribution in [2.45, 2.75) is 13.8 Å². The fourth-order valence-electron chi connectivity index (χ4n) is 1.88. The predicted octanol–water partition coefficient (Wildman–Crippen LogP) is 3.31. The Hall–Kier alpha value is -3.31. The van der Waals surface area contributed by atoms with Crippen LogP contribution in [-0.4, -0.2) is 5.91 Å². The second-order valence-electron chi connectivity index (χ2n) is 4.63. The highest BCUT2D eigenvalue weighted by Crippen LogP contribution is 2.25. The van der Waals surface area contributed by atoms with Gasteiger partial charge in [0.25, 0.3) is 5.91 Å². The van der Waals surface area contributed by atoms with Gasteiger partial charge in [0, 0.05) is 5.56 Å². The van der Waals surface area contributed by atoms with Gasteiger partial charge in [0.1, 0.15) is 29.0 Å². The lowest BCUT2D eigenvalue weighted by Gasteiger charge is -2.01. The molecule has 2 rings (SSSR count). The Balaban J connectivity index is 2.29. The smallest absolute Gasteiger partial charge is 0.268 e. The molecule has 0 atom stereocenters. The van der Waals surface area contributed by atoms with Crippen molar-refractivity contribution < 1.29 is 9.21 Å². The van der Waals surface area contributed by atoms with E-state index in [1.807, 2.05) is 30.3 Å². The summed E-state index contributed by atoms with van der Waals surface area (Å²) in [6.07, 6.45) is 1.48. The molecule has 1 aromatic carbocycles. The van der Waals surface area contributed by atoms with E-state index >= 15 is 0 Å². The summed E-state index contributed by atoms with van der Waals surface area (Å²) in [6, 6.07) is 12.9. The third-order valence-electron chi connectivity index (χ3n) is 3.20. The van der Waals surface area contributed by atoms with Gasteiger partial charge in [-0.3, -0.25) is 10.1 Å². The van der Waals surface area contributed by atoms with Crippen LogP contribution < -0.4 is 5.32 Å². The number of furan rings is 1. The van der Waals surface area contributed by atoms with Crippen molar-refractivity contribution in [3.05, 3.63) is 58.4 Å². The topological polar surface area (TPSA) is 89.8 Å². The highest BCUT2D eigenvalue weighted by atomic mass is 16.4. The number of nitriles is 2. The van der Waals surface area contributed by atoms with Crippen molar-refractivity contribution in [2.24, 2.45) is 0 Å². The van der Waals surface area contributed by atoms with E-state index in [1.165, 1.54) is 6.08 Å². The van der Waals surface area contributed by atoms with Crippen molar-refractivity contribution in [2.75, 3.05) is 5.32 Å². The molecule has 1 N–H and O–H groups in total. The minimum atomic E-state index is -0.614. The molecule has 0 aliphatic heterocycles. The number of carbonyl (C=O) groups excluding carboxylic acids is 1. The van der Waals surface area contributed by atoms with Gasteiger partial charge in [-0.15, -0.1) is 0 Å². The first kappa shape index (κ1) is 15.1. The Morgan fingerprint density at radius 2 is 1.91 bits per heavy atom. The highest BCUT2D eigenvalue weighted by Gasteiger charge is 2.18. The van der Waals surface area contributed by atoms with Gasteiger partial charge in [-0.1, -0.05) is 30.3 Å². The summed E-state index contributed by atoms with van der Waals surface area (Å²) in [5, 5.41) is 20.7. The molecule has 0 spiro atoms. The standard InChI is InChI=1S/C17H13N3O2/c1-11-12(2)22-17(15(11)10-19)20-16(21)14(9-18)8-13-6-4-3-5-7-13/h3-8H,1-2H3,(H,20,21)/b14-8+. The molecule has 0 unspecified atom stereocenters. The number of benzene rings is 1. The molecule has 1 heterocycles. The van der Waals surface area contributed by atoms with E-state index in [-0.39, 0.29) is 17.0 Å². The van der Waals surface area contributed by atoms with E-state index in [2.05, 4.69) is 5.32 Å². The lowest BCUT2D eigenvalue weighted by molar-refractivity contribution is -0.112. The zero-order valence-corrected chi connectivity index (χ0v) is 12.2. The third-order valence-corrected chi connectivity index (χ3v) is 3.20. The molecule has 5 heteroatoms. The normalized spacial score (nSPS) is 10.6. The summed E-state index contributed by atoms with van der Waals surface area (Å²) < 4.78 is 5.36. The zero-order valence-electron chi connectivity index (χ0n) is 12.2. The molecular formula is C17H13N3O2. The maximum Gasteiger partial charge on any atom is 0.268 e. The van der Waals surface area contributed by atoms with E-state index in [1.54, 1.807) is 26.0 Å². The summed E-state index contributed by atoms with van der Waals surface area (Å²) in [5.41, 5.74) is 1.61. The van der Waals surface area contributed by atoms with Crippen molar-refractivity contribution in [1.82, 2.24) is 0 Å². The van der Waals surface area contributed by atoms with Crippen LogP contribution in [-0.2, 0) is 4.79 Å². The number of amides is 1. The first-order valence-electron chi connectivity index (χ1n) is 6.55. The van der Waals surface area contributed by atoms with Gasteiger partial charge in [-0.05, 0) is 25.5 Å². The fraction of sp³-hybridized carbons (Fsp3) is 0.118. The lowest BCUT2D eigenvalue weighted by Crippen LogP contribution is -2.13. The molecule has 0 saturated carbocycles. The molecule has 0 radical (unpaired) electrons. The number of hydrogen-bond acceptors (Lipinski definition) is 4. The molecule has 108 valence electrons. The van der Waals surface area contributed by atoms with Gasteiger partial charge in [0.05, 0.1) is 0 Å². The van der Waals surface area contributed by atoms with Crippen molar-refractivity contribution in [1.29, 1.82) is 10.5 Å². The number of aryl methyl sites for hydroxylation is 1. The Labute approximate surface area is 128 Å². The van der Waals surface area contributed by atoms with Crippen molar-refractivity contribution in [3.8, 4) is 12.1 Å². The predicted molar refractivity (Wildman–Crippen MR) is 81.6 cm³/mol. The molecule has 0 fully saturated rings. The van der Waals surface area contributed by atoms with Gasteiger partial charge in [-0.2, -0.15) is 10.5 Å². The van der Waals surface area contributed by atoms with Crippen LogP contribution in [0.3, 0.4) is 0 Å². The number of anilines is 1. The lowest BCUT2D eigenvalue weighted by atomic mass is 10.1. The van der Waals surface area contributed by atoms with Gasteiger partial charge in [-0.25, -0.2) is 0 Å². The van der Waals surface area contributed by atoms with Crippen LogP contribution in [0.15, 0.2) is 40.3 Å². The number of nitrogens with one attached hydrogen (secondary N) is 1. The molecule has 1 aromatic heterocycles. The number of nitrogens with zero attached hydrogens (tertiary/aromatic N) is 2. The zero-order chi connectivity index (χ0) is 16.1. The Bertz CT molecular complexity index is 818. The molecule has 0 bridgehead atoms. The summed E-state index contributed by atoms with van der Waals surface area (Å²) in [6.45, 7) is 3.44. The van der Waals surface area contributed by atoms with Crippen LogP contribution in [0.25, 0.3) is 6.08 Å². The van der Waals surface area contributed by atoms with E-state index in [0.29, 0.717) is 11.3 Å². The number of carbonyl (C=O) groups is 1. The molecule has 2 aromatic rings. The molecule has 5 nitrogen and oxygen atoms in total. The van der Waals surface area contributed by atoms with Crippen LogP contribution in [0.1, 0.15) is 22.5 Å². The maximum atomic E-state index is 12.2. The monoisotopic (exact) mass is 291 g/mol. The SMILES string of the molecule is Cc1oc(NC(=O)/C(C#N)=C/c2ccccc2)c(C#N)c1C. The van der Waals surface area contributed by atoms with Gasteiger partial charge < -0.3 is 4.42 Å². The van der Waals surface area contributed by atoms with Gasteiger partial charge >= 0.3 is 0 Å². The first-order chi connectivity index (χ1) is 10.6. The van der Waals surface area contributed by atoms with E-state index < -0.39 is 5.91 Å². The molecule has 1 amide bonds. The van der Waals surface area contributed by atoms with Crippen molar-refractivity contribution >= 4 is 17.9 Å². The molecule has 0 aliphatic rings. The molecule has 0 saturated heterocycles. The van der Waals surface area contributed by atoms with Crippen LogP contribution in [0.2, 0.25) is 0 Å². The molecular weight excluding hydrogens is 278 g/mol. The average Bonchev–Trinajstić information content (AvgIpc) is 2.79. The van der Waals surface area contributed by atoms with Gasteiger partial charge in [0.2, 0.25) is 5.88 Å². The van der Waals surface area contributed by atoms with Crippen molar-refractivity contribution in [3.63, 3.8) is 0 Å². The largest absolute Gasteiger partial charge is 0.444 e. The fourth-order valence-corrected chi connectivity index (χ4v) is 1.88. The Morgan fingerprint density at radius 1 is 1.23 bits per heavy atom. The Kier molecular flexibility index (Phi) is 4.41. The first-order valence-corrected chi connectivity index (χ1v) is 6.55. The Morgan fingerprint density at radius 3 is 2.50 bits per heavy atom. The van der Waals surface area contributed by atoms with Crippen LogP contribution in [0.4, 0.5) is 5.88 Å². The molecule has 22 heavy (non-hydrogen) atoms. The average molecular weight is 291 g/mol. The third kappa shape index (κ3) is 3.05. The summed E-state index contributed by atoms with van der Waals surface area (Å²) >= 11 is 0. The maximum absolute atomic E-state index is 12.2. The van der Waals surface area contributed by atoms with Crippen LogP contribution in [0.5, 0.6) is 0 Å². The summed E-state index contributed by atoms with van der Waals surface area (Å²) in [7, 11) is 0. The second-order valence-corrected chi connectivity index (χ2v) is 4.63. The van der Waals surface area contributed by atoms with E-state index in [4.69, 9.17) is 14.9 Å². The quantitative estimate of drug-likeness (QED) is 0.693. The van der Waals surface area contributed by atoms with Gasteiger partial charge in [0.15, 0.2) is 0 Å². The molecule has 0 aliphatic carbocycles. The second kappa shape index (κ2) is 6.43. The summed E-state index contributed by atoms with van der Waals surface area (Å²) in [4.78, 5) is 12.2. The van der Waals surface area contributed by atoms with Crippen LogP contribution >= 0.6 is 0 Å². The minimum absolute atomic E-state index is 0.0664. The van der Waals surface area contributed by atoms with Crippen LogP contribution in [0, 0.1) is 36.5 Å². The highest BCUT2D eigenvalue weighted by molar-refractivity contribution is 6.09. The van der Waals surface area contributed by atoms with E-state index in [0.717, 1.165) is 5.56 Å². The minimum Gasteiger partial charge on any atom is -0.444 e. The number of hydrogen-bond donors (Lipinski definition) is 1.